The number of hydrogen-bond acceptors (Lipinski definition) is 4. The maximum Gasteiger partial charge on any atom is 0.356 e. The summed E-state index contributed by atoms with van der Waals surface area (Å²) in [5, 5.41) is 4.55. The van der Waals surface area contributed by atoms with Gasteiger partial charge in [0, 0.05) is 24.2 Å². The summed E-state index contributed by atoms with van der Waals surface area (Å²) >= 11 is 5.83. The van der Waals surface area contributed by atoms with E-state index in [1.165, 1.54) is 24.0 Å². The van der Waals surface area contributed by atoms with Gasteiger partial charge in [0.25, 0.3) is 0 Å². The van der Waals surface area contributed by atoms with Crippen LogP contribution in [-0.2, 0) is 4.74 Å². The standard InChI is InChI=1S/C12H10ClN3O2/c1-18-12(17)11-5-10(13)8-16(11)15-7-9-3-2-4-14-6-9/h2-8H,1H3. The van der Waals surface area contributed by atoms with Crippen LogP contribution < -0.4 is 0 Å². The topological polar surface area (TPSA) is 56.5 Å². The second-order valence-electron chi connectivity index (χ2n) is 3.41. The first kappa shape index (κ1) is 12.3. The molecule has 92 valence electrons. The summed E-state index contributed by atoms with van der Waals surface area (Å²) in [6.45, 7) is 0. The summed E-state index contributed by atoms with van der Waals surface area (Å²) in [6.07, 6.45) is 6.44. The van der Waals surface area contributed by atoms with Crippen molar-refractivity contribution in [3.8, 4) is 0 Å². The first-order valence-electron chi connectivity index (χ1n) is 5.11. The van der Waals surface area contributed by atoms with E-state index in [1.807, 2.05) is 6.07 Å². The number of carbonyl (C=O) groups excluding carboxylic acids is 1. The zero-order valence-corrected chi connectivity index (χ0v) is 10.3. The molecule has 0 N–H and O–H groups in total. The number of methoxy groups -OCH3 is 1. The molecule has 0 unspecified atom stereocenters. The van der Waals surface area contributed by atoms with Gasteiger partial charge in [0.1, 0.15) is 0 Å². The monoisotopic (exact) mass is 263 g/mol. The SMILES string of the molecule is COC(=O)c1cc(Cl)cn1N=Cc1cccnc1. The molecule has 5 nitrogen and oxygen atoms in total. The molecule has 0 saturated carbocycles. The van der Waals surface area contributed by atoms with Crippen LogP contribution in [0.3, 0.4) is 0 Å². The second kappa shape index (κ2) is 5.46. The van der Waals surface area contributed by atoms with E-state index < -0.39 is 5.97 Å². The molecule has 2 rings (SSSR count). The van der Waals surface area contributed by atoms with Crippen LogP contribution in [0.25, 0.3) is 0 Å². The van der Waals surface area contributed by atoms with Crippen LogP contribution >= 0.6 is 11.6 Å². The molecule has 0 amide bonds. The lowest BCUT2D eigenvalue weighted by atomic mass is 10.3. The van der Waals surface area contributed by atoms with Crippen molar-refractivity contribution >= 4 is 23.8 Å². The fourth-order valence-electron chi connectivity index (χ4n) is 1.35. The van der Waals surface area contributed by atoms with Gasteiger partial charge in [-0.15, -0.1) is 0 Å². The highest BCUT2D eigenvalue weighted by Gasteiger charge is 2.12. The molecule has 2 heterocycles. The third kappa shape index (κ3) is 2.75. The van der Waals surface area contributed by atoms with Gasteiger partial charge < -0.3 is 4.74 Å². The number of hydrogen-bond donors (Lipinski definition) is 0. The number of pyridine rings is 1. The smallest absolute Gasteiger partial charge is 0.356 e. The second-order valence-corrected chi connectivity index (χ2v) is 3.85. The number of carbonyl (C=O) groups is 1. The van der Waals surface area contributed by atoms with E-state index in [9.17, 15) is 4.79 Å². The van der Waals surface area contributed by atoms with Gasteiger partial charge in [-0.2, -0.15) is 5.10 Å². The van der Waals surface area contributed by atoms with Gasteiger partial charge in [-0.3, -0.25) is 4.98 Å². The fraction of sp³-hybridized carbons (Fsp3) is 0.0833. The van der Waals surface area contributed by atoms with E-state index in [-0.39, 0.29) is 5.69 Å². The third-order valence-corrected chi connectivity index (χ3v) is 2.38. The lowest BCUT2D eigenvalue weighted by Gasteiger charge is -2.00. The van der Waals surface area contributed by atoms with Crippen molar-refractivity contribution in [1.29, 1.82) is 0 Å². The highest BCUT2D eigenvalue weighted by molar-refractivity contribution is 6.31. The van der Waals surface area contributed by atoms with E-state index in [1.54, 1.807) is 24.7 Å². The van der Waals surface area contributed by atoms with Gasteiger partial charge in [-0.25, -0.2) is 9.47 Å². The average molecular weight is 264 g/mol. The quantitative estimate of drug-likeness (QED) is 0.630. The average Bonchev–Trinajstić information content (AvgIpc) is 2.78. The van der Waals surface area contributed by atoms with Crippen molar-refractivity contribution in [3.05, 3.63) is 53.1 Å². The maximum atomic E-state index is 11.5. The van der Waals surface area contributed by atoms with Crippen molar-refractivity contribution in [2.75, 3.05) is 7.11 Å². The number of halogens is 1. The van der Waals surface area contributed by atoms with Crippen LogP contribution in [-0.4, -0.2) is 29.0 Å². The van der Waals surface area contributed by atoms with Gasteiger partial charge in [0.05, 0.1) is 18.3 Å². The van der Waals surface area contributed by atoms with Crippen LogP contribution in [0.5, 0.6) is 0 Å². The molecule has 6 heteroatoms. The lowest BCUT2D eigenvalue weighted by molar-refractivity contribution is 0.0589. The van der Waals surface area contributed by atoms with Crippen LogP contribution in [0.4, 0.5) is 0 Å². The molecule has 0 radical (unpaired) electrons. The minimum absolute atomic E-state index is 0.266. The summed E-state index contributed by atoms with van der Waals surface area (Å²) in [6, 6.07) is 5.14. The van der Waals surface area contributed by atoms with Crippen molar-refractivity contribution < 1.29 is 9.53 Å². The number of ether oxygens (including phenoxy) is 1. The number of aromatic nitrogens is 2. The van der Waals surface area contributed by atoms with E-state index in [2.05, 4.69) is 14.8 Å². The first-order valence-corrected chi connectivity index (χ1v) is 5.49. The highest BCUT2D eigenvalue weighted by Crippen LogP contribution is 2.14. The minimum Gasteiger partial charge on any atom is -0.464 e. The Hall–Kier alpha value is -2.14. The molecule has 0 saturated heterocycles. The van der Waals surface area contributed by atoms with Crippen molar-refractivity contribution in [1.82, 2.24) is 9.66 Å². The molecule has 0 aliphatic rings. The van der Waals surface area contributed by atoms with Gasteiger partial charge >= 0.3 is 5.97 Å². The summed E-state index contributed by atoms with van der Waals surface area (Å²) in [7, 11) is 1.30. The molecule has 0 fully saturated rings. The zero-order chi connectivity index (χ0) is 13.0. The normalized spacial score (nSPS) is 10.8. The Labute approximate surface area is 109 Å². The Kier molecular flexibility index (Phi) is 3.74. The van der Waals surface area contributed by atoms with Crippen LogP contribution in [0, 0.1) is 0 Å². The minimum atomic E-state index is -0.495. The molecule has 0 bridgehead atoms. The van der Waals surface area contributed by atoms with Gasteiger partial charge in [0.15, 0.2) is 5.69 Å². The van der Waals surface area contributed by atoms with Crippen LogP contribution in [0.1, 0.15) is 16.1 Å². The summed E-state index contributed by atoms with van der Waals surface area (Å²) in [5.41, 5.74) is 1.08. The summed E-state index contributed by atoms with van der Waals surface area (Å²) in [5.74, 6) is -0.495. The Balaban J connectivity index is 2.29. The molecule has 0 aromatic carbocycles. The maximum absolute atomic E-state index is 11.5. The number of nitrogens with zero attached hydrogens (tertiary/aromatic N) is 3. The largest absolute Gasteiger partial charge is 0.464 e. The molecule has 2 aromatic rings. The zero-order valence-electron chi connectivity index (χ0n) is 9.58. The van der Waals surface area contributed by atoms with Crippen LogP contribution in [0.2, 0.25) is 5.02 Å². The Morgan fingerprint density at radius 3 is 3.11 bits per heavy atom. The van der Waals surface area contributed by atoms with Crippen molar-refractivity contribution in [3.63, 3.8) is 0 Å². The number of rotatable bonds is 3. The van der Waals surface area contributed by atoms with Gasteiger partial charge in [-0.05, 0) is 12.1 Å². The molecule has 2 aromatic heterocycles. The number of esters is 1. The highest BCUT2D eigenvalue weighted by atomic mass is 35.5. The van der Waals surface area contributed by atoms with E-state index in [0.717, 1.165) is 5.56 Å². The summed E-state index contributed by atoms with van der Waals surface area (Å²) in [4.78, 5) is 15.4. The first-order chi connectivity index (χ1) is 8.70. The Bertz CT molecular complexity index is 578. The van der Waals surface area contributed by atoms with E-state index >= 15 is 0 Å². The van der Waals surface area contributed by atoms with E-state index in [0.29, 0.717) is 5.02 Å². The molecular weight excluding hydrogens is 254 g/mol. The van der Waals surface area contributed by atoms with E-state index in [4.69, 9.17) is 11.6 Å². The fourth-order valence-corrected chi connectivity index (χ4v) is 1.55. The molecule has 0 aliphatic heterocycles. The molecule has 0 aliphatic carbocycles. The van der Waals surface area contributed by atoms with Crippen LogP contribution in [0.15, 0.2) is 41.9 Å². The molecular formula is C12H10ClN3O2. The molecule has 0 atom stereocenters. The lowest BCUT2D eigenvalue weighted by Crippen LogP contribution is -2.06. The van der Waals surface area contributed by atoms with Gasteiger partial charge in [-0.1, -0.05) is 17.7 Å². The molecule has 0 spiro atoms. The predicted octanol–water partition coefficient (Wildman–Crippen LogP) is 2.21. The molecule has 18 heavy (non-hydrogen) atoms. The Morgan fingerprint density at radius 1 is 1.61 bits per heavy atom. The summed E-state index contributed by atoms with van der Waals surface area (Å²) < 4.78 is 6.00. The van der Waals surface area contributed by atoms with Crippen molar-refractivity contribution in [2.24, 2.45) is 5.10 Å². The third-order valence-electron chi connectivity index (χ3n) is 2.18. The van der Waals surface area contributed by atoms with Crippen molar-refractivity contribution in [2.45, 2.75) is 0 Å². The predicted molar refractivity (Wildman–Crippen MR) is 68.0 cm³/mol. The van der Waals surface area contributed by atoms with Gasteiger partial charge in [0.2, 0.25) is 0 Å². The Morgan fingerprint density at radius 2 is 2.44 bits per heavy atom.